The van der Waals surface area contributed by atoms with E-state index in [0.29, 0.717) is 10.9 Å². The molecule has 0 saturated heterocycles. The summed E-state index contributed by atoms with van der Waals surface area (Å²) >= 11 is 7.17. The third kappa shape index (κ3) is 3.15. The lowest BCUT2D eigenvalue weighted by Crippen LogP contribution is -1.92. The fourth-order valence-corrected chi connectivity index (χ4v) is 1.92. The van der Waals surface area contributed by atoms with Crippen LogP contribution in [0.25, 0.3) is 0 Å². The van der Waals surface area contributed by atoms with Crippen molar-refractivity contribution >= 4 is 23.4 Å². The second-order valence-corrected chi connectivity index (χ2v) is 4.43. The molecule has 0 fully saturated rings. The van der Waals surface area contributed by atoms with Crippen LogP contribution in [0.5, 0.6) is 0 Å². The van der Waals surface area contributed by atoms with Gasteiger partial charge in [0.05, 0.1) is 18.1 Å². The number of hydrogen-bond acceptors (Lipinski definition) is 5. The second kappa shape index (κ2) is 5.23. The summed E-state index contributed by atoms with van der Waals surface area (Å²) in [5.41, 5.74) is 1.82. The topological polar surface area (TPSA) is 51.6 Å². The van der Waals surface area contributed by atoms with Crippen LogP contribution in [0.2, 0.25) is 5.15 Å². The lowest BCUT2D eigenvalue weighted by molar-refractivity contribution is 0.930. The van der Waals surface area contributed by atoms with Gasteiger partial charge in [0.2, 0.25) is 0 Å². The highest BCUT2D eigenvalue weighted by Crippen LogP contribution is 2.17. The number of nitrogens with zero attached hydrogens (tertiary/aromatic N) is 4. The fraction of sp³-hybridized carbons (Fsp3) is 0.200. The smallest absolute Gasteiger partial charge is 0.188 e. The summed E-state index contributed by atoms with van der Waals surface area (Å²) in [5, 5.41) is 1.15. The zero-order chi connectivity index (χ0) is 11.4. The van der Waals surface area contributed by atoms with E-state index in [1.165, 1.54) is 18.0 Å². The molecule has 4 nitrogen and oxygen atoms in total. The van der Waals surface area contributed by atoms with Crippen LogP contribution < -0.4 is 0 Å². The zero-order valence-electron chi connectivity index (χ0n) is 8.59. The molecule has 6 heteroatoms. The van der Waals surface area contributed by atoms with Crippen LogP contribution in [0.1, 0.15) is 11.4 Å². The highest BCUT2D eigenvalue weighted by molar-refractivity contribution is 7.98. The van der Waals surface area contributed by atoms with Gasteiger partial charge in [-0.25, -0.2) is 15.0 Å². The van der Waals surface area contributed by atoms with Crippen LogP contribution in [-0.4, -0.2) is 19.9 Å². The molecule has 0 saturated carbocycles. The highest BCUT2D eigenvalue weighted by atomic mass is 35.5. The van der Waals surface area contributed by atoms with Gasteiger partial charge in [0.25, 0.3) is 0 Å². The summed E-state index contributed by atoms with van der Waals surface area (Å²) in [6.45, 7) is 1.94. The van der Waals surface area contributed by atoms with E-state index in [-0.39, 0.29) is 0 Å². The molecule has 0 aromatic carbocycles. The Morgan fingerprint density at radius 2 is 2.12 bits per heavy atom. The summed E-state index contributed by atoms with van der Waals surface area (Å²) in [4.78, 5) is 16.5. The maximum atomic E-state index is 5.64. The molecule has 0 amide bonds. The fourth-order valence-electron chi connectivity index (χ4n) is 1.05. The van der Waals surface area contributed by atoms with Crippen molar-refractivity contribution in [3.63, 3.8) is 0 Å². The van der Waals surface area contributed by atoms with E-state index < -0.39 is 0 Å². The highest BCUT2D eigenvalue weighted by Gasteiger charge is 2.01. The Labute approximate surface area is 103 Å². The van der Waals surface area contributed by atoms with Gasteiger partial charge in [0.1, 0.15) is 5.15 Å². The predicted molar refractivity (Wildman–Crippen MR) is 63.4 cm³/mol. The number of hydrogen-bond donors (Lipinski definition) is 0. The third-order valence-corrected chi connectivity index (χ3v) is 2.89. The van der Waals surface area contributed by atoms with Crippen molar-refractivity contribution in [2.45, 2.75) is 17.8 Å². The summed E-state index contributed by atoms with van der Waals surface area (Å²) < 4.78 is 0. The lowest BCUT2D eigenvalue weighted by atomic mass is 10.5. The number of thioether (sulfide) groups is 1. The van der Waals surface area contributed by atoms with E-state index in [9.17, 15) is 0 Å². The Bertz CT molecular complexity index is 475. The number of aryl methyl sites for hydroxylation is 1. The molecule has 0 aliphatic heterocycles. The molecule has 16 heavy (non-hydrogen) atoms. The SMILES string of the molecule is Cc1ccnc(SCc2cnc(Cl)cn2)n1. The minimum absolute atomic E-state index is 0.403. The quantitative estimate of drug-likeness (QED) is 0.621. The minimum atomic E-state index is 0.403. The first-order chi connectivity index (χ1) is 7.74. The van der Waals surface area contributed by atoms with Crippen molar-refractivity contribution in [2.24, 2.45) is 0 Å². The van der Waals surface area contributed by atoms with E-state index in [1.807, 2.05) is 13.0 Å². The van der Waals surface area contributed by atoms with Crippen LogP contribution in [-0.2, 0) is 5.75 Å². The van der Waals surface area contributed by atoms with Gasteiger partial charge in [-0.2, -0.15) is 0 Å². The predicted octanol–water partition coefficient (Wildman–Crippen LogP) is 2.52. The van der Waals surface area contributed by atoms with Gasteiger partial charge in [0.15, 0.2) is 5.16 Å². The third-order valence-electron chi connectivity index (χ3n) is 1.80. The molecule has 0 aliphatic carbocycles. The molecule has 0 spiro atoms. The molecule has 0 bridgehead atoms. The van der Waals surface area contributed by atoms with Gasteiger partial charge in [-0.1, -0.05) is 23.4 Å². The van der Waals surface area contributed by atoms with Crippen LogP contribution in [0, 0.1) is 6.92 Å². The Kier molecular flexibility index (Phi) is 3.69. The number of aromatic nitrogens is 4. The Morgan fingerprint density at radius 1 is 1.25 bits per heavy atom. The van der Waals surface area contributed by atoms with E-state index in [4.69, 9.17) is 11.6 Å². The van der Waals surface area contributed by atoms with Crippen molar-refractivity contribution in [3.8, 4) is 0 Å². The second-order valence-electron chi connectivity index (χ2n) is 3.10. The number of rotatable bonds is 3. The molecule has 0 aliphatic rings. The molecule has 0 atom stereocenters. The lowest BCUT2D eigenvalue weighted by Gasteiger charge is -2.00. The molecular weight excluding hydrogens is 244 g/mol. The number of halogens is 1. The van der Waals surface area contributed by atoms with Gasteiger partial charge >= 0.3 is 0 Å². The summed E-state index contributed by atoms with van der Waals surface area (Å²) in [7, 11) is 0. The maximum Gasteiger partial charge on any atom is 0.188 e. The van der Waals surface area contributed by atoms with Crippen molar-refractivity contribution in [1.82, 2.24) is 19.9 Å². The van der Waals surface area contributed by atoms with Gasteiger partial charge in [-0.05, 0) is 13.0 Å². The van der Waals surface area contributed by atoms with Crippen molar-refractivity contribution in [2.75, 3.05) is 0 Å². The van der Waals surface area contributed by atoms with E-state index >= 15 is 0 Å². The van der Waals surface area contributed by atoms with Crippen LogP contribution in [0.3, 0.4) is 0 Å². The van der Waals surface area contributed by atoms with E-state index in [2.05, 4.69) is 19.9 Å². The molecule has 0 radical (unpaired) electrons. The molecule has 0 unspecified atom stereocenters. The molecule has 2 aromatic rings. The Balaban J connectivity index is 1.99. The molecule has 2 heterocycles. The summed E-state index contributed by atoms with van der Waals surface area (Å²) in [5.74, 6) is 0.688. The van der Waals surface area contributed by atoms with Crippen LogP contribution in [0.15, 0.2) is 29.8 Å². The van der Waals surface area contributed by atoms with Crippen molar-refractivity contribution in [3.05, 3.63) is 41.2 Å². The van der Waals surface area contributed by atoms with Gasteiger partial charge in [-0.15, -0.1) is 0 Å². The van der Waals surface area contributed by atoms with Crippen LogP contribution in [0.4, 0.5) is 0 Å². The maximum absolute atomic E-state index is 5.64. The first-order valence-corrected chi connectivity index (χ1v) is 5.99. The van der Waals surface area contributed by atoms with Crippen molar-refractivity contribution in [1.29, 1.82) is 0 Å². The minimum Gasteiger partial charge on any atom is -0.256 e. The standard InChI is InChI=1S/C10H9ClN4S/c1-7-2-3-12-10(15-7)16-6-8-4-14-9(11)5-13-8/h2-5H,6H2,1H3. The summed E-state index contributed by atoms with van der Waals surface area (Å²) in [6.07, 6.45) is 4.94. The summed E-state index contributed by atoms with van der Waals surface area (Å²) in [6, 6.07) is 1.87. The first-order valence-electron chi connectivity index (χ1n) is 4.63. The van der Waals surface area contributed by atoms with Crippen molar-refractivity contribution < 1.29 is 0 Å². The molecular formula is C10H9ClN4S. The van der Waals surface area contributed by atoms with Crippen LogP contribution >= 0.6 is 23.4 Å². The average molecular weight is 253 g/mol. The Hall–Kier alpha value is -1.20. The van der Waals surface area contributed by atoms with Gasteiger partial charge in [-0.3, -0.25) is 4.98 Å². The Morgan fingerprint density at radius 3 is 2.81 bits per heavy atom. The largest absolute Gasteiger partial charge is 0.256 e. The van der Waals surface area contributed by atoms with E-state index in [1.54, 1.807) is 12.4 Å². The first kappa shape index (κ1) is 11.3. The van der Waals surface area contributed by atoms with E-state index in [0.717, 1.165) is 16.5 Å². The normalized spacial score (nSPS) is 10.4. The molecule has 0 N–H and O–H groups in total. The monoisotopic (exact) mass is 252 g/mol. The van der Waals surface area contributed by atoms with Gasteiger partial charge < -0.3 is 0 Å². The average Bonchev–Trinajstić information content (AvgIpc) is 2.28. The zero-order valence-corrected chi connectivity index (χ0v) is 10.2. The van der Waals surface area contributed by atoms with Gasteiger partial charge in [0, 0.05) is 17.6 Å². The molecule has 2 aromatic heterocycles. The molecule has 2 rings (SSSR count). The molecule has 82 valence electrons.